The Kier molecular flexibility index (Phi) is 5.91. The Morgan fingerprint density at radius 2 is 1.91 bits per heavy atom. The number of rotatable bonds is 5. The summed E-state index contributed by atoms with van der Waals surface area (Å²) in [5, 5.41) is 12.5. The van der Waals surface area contributed by atoms with Gasteiger partial charge >= 0.3 is 0 Å². The summed E-state index contributed by atoms with van der Waals surface area (Å²) in [5.74, 6) is 0.767. The van der Waals surface area contributed by atoms with Crippen LogP contribution in [0, 0.1) is 5.92 Å². The number of piperidine rings is 1. The minimum atomic E-state index is -0.250. The van der Waals surface area contributed by atoms with Crippen molar-refractivity contribution >= 4 is 45.8 Å². The third-order valence-corrected chi connectivity index (χ3v) is 6.88. The lowest BCUT2D eigenvalue weighted by atomic mass is 9.81. The Morgan fingerprint density at radius 1 is 1.12 bits per heavy atom. The molecule has 32 heavy (non-hydrogen) atoms. The van der Waals surface area contributed by atoms with Gasteiger partial charge in [-0.3, -0.25) is 4.79 Å². The molecular weight excluding hydrogens is 445 g/mol. The second-order valence-electron chi connectivity index (χ2n) is 8.10. The molecule has 4 aromatic rings. The molecule has 0 radical (unpaired) electrons. The first kappa shape index (κ1) is 21.1. The number of carbonyl (C=O) groups is 1. The van der Waals surface area contributed by atoms with Crippen molar-refractivity contribution in [3.8, 4) is 0 Å². The number of amides is 1. The molecular formula is C24H23Cl2N5O. The lowest BCUT2D eigenvalue weighted by Crippen LogP contribution is -2.38. The van der Waals surface area contributed by atoms with Gasteiger partial charge in [0.1, 0.15) is 5.02 Å². The average Bonchev–Trinajstić information content (AvgIpc) is 3.36. The van der Waals surface area contributed by atoms with Gasteiger partial charge in [0.2, 0.25) is 0 Å². The van der Waals surface area contributed by atoms with E-state index in [0.29, 0.717) is 23.8 Å². The number of halogens is 2. The van der Waals surface area contributed by atoms with Crippen molar-refractivity contribution in [2.24, 2.45) is 5.92 Å². The van der Waals surface area contributed by atoms with Crippen LogP contribution < -0.4 is 10.6 Å². The number of nitrogens with zero attached hydrogens (tertiary/aromatic N) is 2. The number of hydrogen-bond donors (Lipinski definition) is 3. The van der Waals surface area contributed by atoms with Gasteiger partial charge in [-0.1, -0.05) is 59.6 Å². The van der Waals surface area contributed by atoms with Gasteiger partial charge in [0.05, 0.1) is 0 Å². The maximum Gasteiger partial charge on any atom is 0.256 e. The molecule has 1 fully saturated rings. The van der Waals surface area contributed by atoms with Crippen molar-refractivity contribution in [3.63, 3.8) is 0 Å². The molecule has 0 bridgehead atoms. The summed E-state index contributed by atoms with van der Waals surface area (Å²) in [6.45, 7) is 2.37. The van der Waals surface area contributed by atoms with Crippen molar-refractivity contribution in [1.29, 1.82) is 0 Å². The quantitative estimate of drug-likeness (QED) is 0.371. The molecule has 0 saturated carbocycles. The van der Waals surface area contributed by atoms with Crippen molar-refractivity contribution < 1.29 is 4.79 Å². The van der Waals surface area contributed by atoms with E-state index in [0.717, 1.165) is 25.0 Å². The largest absolute Gasteiger partial charge is 0.361 e. The molecule has 2 aromatic carbocycles. The third kappa shape index (κ3) is 4.01. The van der Waals surface area contributed by atoms with Gasteiger partial charge in [-0.25, -0.2) is 4.68 Å². The van der Waals surface area contributed by atoms with Crippen LogP contribution in [0.5, 0.6) is 0 Å². The lowest BCUT2D eigenvalue weighted by Gasteiger charge is -2.32. The van der Waals surface area contributed by atoms with Crippen LogP contribution in [0.15, 0.2) is 60.8 Å². The van der Waals surface area contributed by atoms with E-state index < -0.39 is 0 Å². The summed E-state index contributed by atoms with van der Waals surface area (Å²) in [6.07, 6.45) is 3.13. The Labute approximate surface area is 195 Å². The molecule has 3 N–H and O–H groups in total. The molecule has 1 aliphatic heterocycles. The summed E-state index contributed by atoms with van der Waals surface area (Å²) in [5.41, 5.74) is 3.00. The first-order valence-corrected chi connectivity index (χ1v) is 11.4. The highest BCUT2D eigenvalue weighted by molar-refractivity contribution is 6.43. The second kappa shape index (κ2) is 8.98. The van der Waals surface area contributed by atoms with E-state index in [4.69, 9.17) is 23.2 Å². The Hall–Kier alpha value is -2.80. The van der Waals surface area contributed by atoms with Gasteiger partial charge in [-0.2, -0.15) is 5.10 Å². The zero-order chi connectivity index (χ0) is 22.1. The van der Waals surface area contributed by atoms with Crippen molar-refractivity contribution in [3.05, 3.63) is 82.1 Å². The summed E-state index contributed by atoms with van der Waals surface area (Å²) in [6, 6.07) is 17.4. The summed E-state index contributed by atoms with van der Waals surface area (Å²) >= 11 is 12.7. The lowest BCUT2D eigenvalue weighted by molar-refractivity contribution is 0.102. The fourth-order valence-electron chi connectivity index (χ4n) is 4.58. The second-order valence-corrected chi connectivity index (χ2v) is 8.84. The molecule has 3 heterocycles. The van der Waals surface area contributed by atoms with Gasteiger partial charge in [-0.15, -0.1) is 0 Å². The number of para-hydroxylation sites is 1. The molecule has 164 valence electrons. The topological polar surface area (TPSA) is 74.7 Å². The predicted octanol–water partition coefficient (Wildman–Crippen LogP) is 5.32. The van der Waals surface area contributed by atoms with E-state index in [1.165, 1.54) is 10.9 Å². The van der Waals surface area contributed by atoms with E-state index in [9.17, 15) is 4.79 Å². The number of nitrogens with one attached hydrogen (secondary N) is 3. The predicted molar refractivity (Wildman–Crippen MR) is 129 cm³/mol. The number of aromatic amines is 1. The fraction of sp³-hybridized carbons (Fsp3) is 0.250. The Bertz CT molecular complexity index is 1250. The van der Waals surface area contributed by atoms with Gasteiger partial charge in [-0.05, 0) is 48.6 Å². The molecule has 1 aliphatic rings. The Balaban J connectivity index is 1.43. The minimum absolute atomic E-state index is 0.183. The first-order valence-electron chi connectivity index (χ1n) is 10.7. The highest BCUT2D eigenvalue weighted by atomic mass is 35.5. The fourth-order valence-corrected chi connectivity index (χ4v) is 4.94. The zero-order valence-electron chi connectivity index (χ0n) is 17.3. The number of hydrogen-bond acceptors (Lipinski definition) is 3. The van der Waals surface area contributed by atoms with Crippen molar-refractivity contribution in [2.45, 2.75) is 18.9 Å². The maximum absolute atomic E-state index is 12.7. The molecule has 0 aliphatic carbocycles. The van der Waals surface area contributed by atoms with Crippen LogP contribution in [0.3, 0.4) is 0 Å². The molecule has 0 spiro atoms. The van der Waals surface area contributed by atoms with E-state index in [1.807, 2.05) is 24.3 Å². The number of benzene rings is 2. The average molecular weight is 468 g/mol. The smallest absolute Gasteiger partial charge is 0.256 e. The minimum Gasteiger partial charge on any atom is -0.361 e. The Morgan fingerprint density at radius 3 is 2.75 bits per heavy atom. The van der Waals surface area contributed by atoms with Gasteiger partial charge in [0, 0.05) is 35.8 Å². The molecule has 2 atom stereocenters. The third-order valence-electron chi connectivity index (χ3n) is 6.16. The molecule has 1 saturated heterocycles. The highest BCUT2D eigenvalue weighted by Crippen LogP contribution is 2.37. The van der Waals surface area contributed by atoms with Crippen LogP contribution >= 0.6 is 23.2 Å². The van der Waals surface area contributed by atoms with Gasteiger partial charge in [0.15, 0.2) is 11.0 Å². The number of fused-ring (bicyclic) bond motifs is 1. The van der Waals surface area contributed by atoms with Gasteiger partial charge in [0.25, 0.3) is 5.91 Å². The number of anilines is 1. The van der Waals surface area contributed by atoms with E-state index in [-0.39, 0.29) is 22.0 Å². The maximum atomic E-state index is 12.7. The molecule has 6 nitrogen and oxygen atoms in total. The first-order chi connectivity index (χ1) is 15.6. The van der Waals surface area contributed by atoms with E-state index in [1.54, 1.807) is 16.8 Å². The number of H-pyrrole nitrogens is 1. The van der Waals surface area contributed by atoms with E-state index in [2.05, 4.69) is 45.1 Å². The van der Waals surface area contributed by atoms with Crippen LogP contribution in [0.25, 0.3) is 10.9 Å². The zero-order valence-corrected chi connectivity index (χ0v) is 18.8. The van der Waals surface area contributed by atoms with Crippen LogP contribution in [0.2, 0.25) is 10.2 Å². The van der Waals surface area contributed by atoms with E-state index >= 15 is 0 Å². The SMILES string of the molecule is O=C(Nc1c(Cl)c(Cl)nn1C[C@@H]1CNCC[C@@H]1c1c[nH]c2ccccc12)c1ccccc1. The number of aromatic nitrogens is 3. The van der Waals surface area contributed by atoms with Crippen molar-refractivity contribution in [1.82, 2.24) is 20.1 Å². The number of carbonyl (C=O) groups excluding carboxylic acids is 1. The molecule has 1 amide bonds. The van der Waals surface area contributed by atoms with Crippen LogP contribution in [-0.2, 0) is 6.54 Å². The monoisotopic (exact) mass is 467 g/mol. The standard InChI is InChI=1S/C24H23Cl2N5O/c25-21-22(26)30-31(23(21)29-24(32)15-6-2-1-3-7-15)14-16-12-27-11-10-17(16)19-13-28-20-9-5-4-8-18(19)20/h1-9,13,16-17,27-28H,10-12,14H2,(H,29,32)/t16-,17-/m0/s1. The summed E-state index contributed by atoms with van der Waals surface area (Å²) in [4.78, 5) is 16.1. The summed E-state index contributed by atoms with van der Waals surface area (Å²) in [7, 11) is 0. The molecule has 2 aromatic heterocycles. The van der Waals surface area contributed by atoms with Crippen LogP contribution in [0.4, 0.5) is 5.82 Å². The van der Waals surface area contributed by atoms with Gasteiger partial charge < -0.3 is 15.6 Å². The molecule has 0 unspecified atom stereocenters. The normalized spacial score (nSPS) is 18.7. The van der Waals surface area contributed by atoms with Crippen LogP contribution in [0.1, 0.15) is 28.3 Å². The highest BCUT2D eigenvalue weighted by Gasteiger charge is 2.30. The van der Waals surface area contributed by atoms with Crippen molar-refractivity contribution in [2.75, 3.05) is 18.4 Å². The summed E-state index contributed by atoms with van der Waals surface area (Å²) < 4.78 is 1.73. The molecule has 8 heteroatoms. The van der Waals surface area contributed by atoms with Crippen LogP contribution in [-0.4, -0.2) is 33.8 Å². The molecule has 5 rings (SSSR count).